The van der Waals surface area contributed by atoms with Gasteiger partial charge in [0.2, 0.25) is 5.91 Å². The summed E-state index contributed by atoms with van der Waals surface area (Å²) in [6.45, 7) is 8.22. The first-order valence-electron chi connectivity index (χ1n) is 8.87. The lowest BCUT2D eigenvalue weighted by atomic mass is 9.92. The lowest BCUT2D eigenvalue weighted by Crippen LogP contribution is -2.19. The zero-order valence-corrected chi connectivity index (χ0v) is 15.7. The van der Waals surface area contributed by atoms with E-state index >= 15 is 0 Å². The minimum absolute atomic E-state index is 0.0361. The molecular formula is C22H25N3O. The first kappa shape index (κ1) is 17.9. The van der Waals surface area contributed by atoms with Crippen LogP contribution in [0.15, 0.2) is 60.7 Å². The fourth-order valence-corrected chi connectivity index (χ4v) is 2.77. The Hall–Kier alpha value is -2.88. The zero-order valence-electron chi connectivity index (χ0n) is 15.7. The molecule has 134 valence electrons. The van der Waals surface area contributed by atoms with Gasteiger partial charge in [0, 0.05) is 17.2 Å². The van der Waals surface area contributed by atoms with E-state index in [9.17, 15) is 4.79 Å². The lowest BCUT2D eigenvalue weighted by Gasteiger charge is -2.15. The Labute approximate surface area is 154 Å². The summed E-state index contributed by atoms with van der Waals surface area (Å²) in [6.07, 6.45) is 0. The van der Waals surface area contributed by atoms with Crippen molar-refractivity contribution in [2.45, 2.75) is 39.0 Å². The average molecular weight is 347 g/mol. The predicted molar refractivity (Wildman–Crippen MR) is 106 cm³/mol. The number of aromatic nitrogens is 2. The van der Waals surface area contributed by atoms with Gasteiger partial charge in [-0.15, -0.1) is 0 Å². The summed E-state index contributed by atoms with van der Waals surface area (Å²) in [4.78, 5) is 12.7. The summed E-state index contributed by atoms with van der Waals surface area (Å²) in [6, 6.07) is 20.2. The van der Waals surface area contributed by atoms with E-state index in [0.29, 0.717) is 5.82 Å². The summed E-state index contributed by atoms with van der Waals surface area (Å²) >= 11 is 0. The van der Waals surface area contributed by atoms with Crippen molar-refractivity contribution in [3.05, 3.63) is 71.9 Å². The Morgan fingerprint density at radius 3 is 2.35 bits per heavy atom. The number of hydrogen-bond donors (Lipinski definition) is 2. The van der Waals surface area contributed by atoms with Crippen LogP contribution in [0.1, 0.15) is 44.9 Å². The van der Waals surface area contributed by atoms with Crippen molar-refractivity contribution in [3.63, 3.8) is 0 Å². The third-order valence-electron chi connectivity index (χ3n) is 4.52. The molecule has 0 spiro atoms. The van der Waals surface area contributed by atoms with Crippen molar-refractivity contribution >= 4 is 11.7 Å². The van der Waals surface area contributed by atoms with Crippen LogP contribution in [0.5, 0.6) is 0 Å². The number of carbonyl (C=O) groups is 1. The van der Waals surface area contributed by atoms with Gasteiger partial charge in [-0.3, -0.25) is 9.89 Å². The van der Waals surface area contributed by atoms with Crippen molar-refractivity contribution in [2.24, 2.45) is 0 Å². The van der Waals surface area contributed by atoms with E-state index in [2.05, 4.69) is 60.6 Å². The SMILES string of the molecule is CC(C(=O)Nc1cc(C(C)(C)C)[nH]n1)c1cccc(-c2ccccc2)c1. The molecule has 26 heavy (non-hydrogen) atoms. The Morgan fingerprint density at radius 2 is 1.69 bits per heavy atom. The molecule has 1 atom stereocenters. The predicted octanol–water partition coefficient (Wildman–Crippen LogP) is 5.12. The number of carbonyl (C=O) groups excluding carboxylic acids is 1. The number of hydrogen-bond acceptors (Lipinski definition) is 2. The molecule has 0 bridgehead atoms. The molecule has 1 aromatic heterocycles. The molecule has 1 heterocycles. The Morgan fingerprint density at radius 1 is 1.00 bits per heavy atom. The highest BCUT2D eigenvalue weighted by atomic mass is 16.1. The molecule has 4 heteroatoms. The van der Waals surface area contributed by atoms with E-state index in [1.54, 1.807) is 0 Å². The molecule has 2 N–H and O–H groups in total. The molecule has 0 fully saturated rings. The quantitative estimate of drug-likeness (QED) is 0.688. The maximum absolute atomic E-state index is 12.7. The minimum Gasteiger partial charge on any atom is -0.309 e. The number of nitrogens with zero attached hydrogens (tertiary/aromatic N) is 1. The number of H-pyrrole nitrogens is 1. The number of benzene rings is 2. The number of aromatic amines is 1. The fraction of sp³-hybridized carbons (Fsp3) is 0.273. The minimum atomic E-state index is -0.270. The highest BCUT2D eigenvalue weighted by Gasteiger charge is 2.20. The summed E-state index contributed by atoms with van der Waals surface area (Å²) in [5, 5.41) is 10.1. The first-order valence-corrected chi connectivity index (χ1v) is 8.87. The van der Waals surface area contributed by atoms with Gasteiger partial charge in [-0.05, 0) is 23.6 Å². The molecule has 0 aliphatic rings. The Balaban J connectivity index is 1.76. The van der Waals surface area contributed by atoms with Crippen LogP contribution in [0.2, 0.25) is 0 Å². The monoisotopic (exact) mass is 347 g/mol. The van der Waals surface area contributed by atoms with Crippen molar-refractivity contribution in [3.8, 4) is 11.1 Å². The number of nitrogens with one attached hydrogen (secondary N) is 2. The third-order valence-corrected chi connectivity index (χ3v) is 4.52. The van der Waals surface area contributed by atoms with Crippen LogP contribution < -0.4 is 5.32 Å². The normalized spacial score (nSPS) is 12.6. The average Bonchev–Trinajstić information content (AvgIpc) is 3.11. The van der Waals surface area contributed by atoms with Gasteiger partial charge in [0.25, 0.3) is 0 Å². The van der Waals surface area contributed by atoms with E-state index in [0.717, 1.165) is 22.4 Å². The molecule has 3 aromatic rings. The summed E-state index contributed by atoms with van der Waals surface area (Å²) < 4.78 is 0. The van der Waals surface area contributed by atoms with Gasteiger partial charge >= 0.3 is 0 Å². The van der Waals surface area contributed by atoms with Gasteiger partial charge in [-0.1, -0.05) is 75.4 Å². The molecule has 3 rings (SSSR count). The molecule has 0 saturated carbocycles. The van der Waals surface area contributed by atoms with Gasteiger partial charge in [0.05, 0.1) is 5.92 Å². The highest BCUT2D eigenvalue weighted by Crippen LogP contribution is 2.26. The highest BCUT2D eigenvalue weighted by molar-refractivity contribution is 5.95. The van der Waals surface area contributed by atoms with E-state index < -0.39 is 0 Å². The second kappa shape index (κ2) is 7.16. The van der Waals surface area contributed by atoms with Crippen LogP contribution in [0, 0.1) is 0 Å². The summed E-state index contributed by atoms with van der Waals surface area (Å²) in [5.41, 5.74) is 4.19. The van der Waals surface area contributed by atoms with E-state index in [1.165, 1.54) is 0 Å². The van der Waals surface area contributed by atoms with Crippen LogP contribution in [0.4, 0.5) is 5.82 Å². The van der Waals surface area contributed by atoms with E-state index in [1.807, 2.05) is 43.3 Å². The second-order valence-corrected chi connectivity index (χ2v) is 7.62. The largest absolute Gasteiger partial charge is 0.309 e. The third kappa shape index (κ3) is 4.02. The molecular weight excluding hydrogens is 322 g/mol. The van der Waals surface area contributed by atoms with Crippen LogP contribution in [-0.2, 0) is 10.2 Å². The van der Waals surface area contributed by atoms with Gasteiger partial charge in [0.15, 0.2) is 5.82 Å². The van der Waals surface area contributed by atoms with Gasteiger partial charge in [-0.25, -0.2) is 0 Å². The number of anilines is 1. The summed E-state index contributed by atoms with van der Waals surface area (Å²) in [7, 11) is 0. The Bertz CT molecular complexity index is 891. The molecule has 0 saturated heterocycles. The van der Waals surface area contributed by atoms with E-state index in [-0.39, 0.29) is 17.2 Å². The topological polar surface area (TPSA) is 57.8 Å². The number of rotatable bonds is 4. The Kier molecular flexibility index (Phi) is 4.94. The van der Waals surface area contributed by atoms with Crippen molar-refractivity contribution in [1.29, 1.82) is 0 Å². The van der Waals surface area contributed by atoms with Crippen molar-refractivity contribution in [2.75, 3.05) is 5.32 Å². The first-order chi connectivity index (χ1) is 12.3. The molecule has 0 aliphatic heterocycles. The van der Waals surface area contributed by atoms with Crippen LogP contribution in [0.25, 0.3) is 11.1 Å². The lowest BCUT2D eigenvalue weighted by molar-refractivity contribution is -0.117. The zero-order chi connectivity index (χ0) is 18.7. The fourth-order valence-electron chi connectivity index (χ4n) is 2.77. The maximum atomic E-state index is 12.7. The molecule has 2 aromatic carbocycles. The van der Waals surface area contributed by atoms with Crippen molar-refractivity contribution in [1.82, 2.24) is 10.2 Å². The van der Waals surface area contributed by atoms with E-state index in [4.69, 9.17) is 0 Å². The summed E-state index contributed by atoms with van der Waals surface area (Å²) in [5.74, 6) is 0.224. The smallest absolute Gasteiger partial charge is 0.232 e. The van der Waals surface area contributed by atoms with Gasteiger partial charge < -0.3 is 5.32 Å². The standard InChI is InChI=1S/C22H25N3O/c1-15(21(26)23-20-14-19(24-25-20)22(2,3)4)17-11-8-12-18(13-17)16-9-6-5-7-10-16/h5-15H,1-4H3,(H2,23,24,25,26). The van der Waals surface area contributed by atoms with Crippen LogP contribution in [0.3, 0.4) is 0 Å². The molecule has 1 unspecified atom stereocenters. The molecule has 4 nitrogen and oxygen atoms in total. The molecule has 0 aliphatic carbocycles. The van der Waals surface area contributed by atoms with Crippen LogP contribution in [-0.4, -0.2) is 16.1 Å². The van der Waals surface area contributed by atoms with Crippen LogP contribution >= 0.6 is 0 Å². The second-order valence-electron chi connectivity index (χ2n) is 7.62. The van der Waals surface area contributed by atoms with Gasteiger partial charge in [-0.2, -0.15) is 5.10 Å². The van der Waals surface area contributed by atoms with Gasteiger partial charge in [0.1, 0.15) is 0 Å². The van der Waals surface area contributed by atoms with Crippen molar-refractivity contribution < 1.29 is 4.79 Å². The molecule has 0 radical (unpaired) electrons. The maximum Gasteiger partial charge on any atom is 0.232 e. The molecule has 1 amide bonds. The number of amides is 1.